The molecule has 1 aromatic carbocycles. The fourth-order valence-corrected chi connectivity index (χ4v) is 4.74. The van der Waals surface area contributed by atoms with Crippen molar-refractivity contribution >= 4 is 29.0 Å². The van der Waals surface area contributed by atoms with Crippen molar-refractivity contribution in [2.45, 2.75) is 53.0 Å². The molecule has 0 spiro atoms. The number of nitrogens with zero attached hydrogens (tertiary/aromatic N) is 1. The molecule has 150 valence electrons. The van der Waals surface area contributed by atoms with E-state index in [0.29, 0.717) is 24.4 Å². The van der Waals surface area contributed by atoms with Crippen LogP contribution in [0.4, 0.5) is 10.5 Å². The molecule has 3 amide bonds. The lowest BCUT2D eigenvalue weighted by atomic mass is 10.0. The zero-order valence-electron chi connectivity index (χ0n) is 16.6. The Labute approximate surface area is 169 Å². The van der Waals surface area contributed by atoms with E-state index < -0.39 is 5.91 Å². The molecular weight excluding hydrogens is 374 g/mol. The van der Waals surface area contributed by atoms with Crippen LogP contribution in [0.2, 0.25) is 0 Å². The topological polar surface area (TPSA) is 81.7 Å². The maximum Gasteiger partial charge on any atom is 0.322 e. The first-order valence-corrected chi connectivity index (χ1v) is 10.5. The zero-order chi connectivity index (χ0) is 20.3. The molecule has 0 fully saturated rings. The maximum absolute atomic E-state index is 12.8. The van der Waals surface area contributed by atoms with Crippen molar-refractivity contribution in [2.24, 2.45) is 0 Å². The van der Waals surface area contributed by atoms with Crippen molar-refractivity contribution in [3.05, 3.63) is 50.2 Å². The third kappa shape index (κ3) is 4.36. The number of fused-ring (bicyclic) bond motifs is 1. The molecule has 1 aliphatic heterocycles. The normalized spacial score (nSPS) is 13.2. The third-order valence-electron chi connectivity index (χ3n) is 5.14. The van der Waals surface area contributed by atoms with Gasteiger partial charge in [0.25, 0.3) is 5.91 Å². The number of anilines is 1. The van der Waals surface area contributed by atoms with E-state index in [4.69, 9.17) is 5.21 Å². The summed E-state index contributed by atoms with van der Waals surface area (Å²) < 4.78 is 0. The molecule has 1 aliphatic rings. The minimum atomic E-state index is -0.509. The summed E-state index contributed by atoms with van der Waals surface area (Å²) in [5.74, 6) is -0.509. The molecule has 6 nitrogen and oxygen atoms in total. The van der Waals surface area contributed by atoms with Gasteiger partial charge in [-0.2, -0.15) is 0 Å². The molecule has 1 aromatic heterocycles. The average molecular weight is 402 g/mol. The molecule has 0 unspecified atom stereocenters. The van der Waals surface area contributed by atoms with E-state index in [9.17, 15) is 9.59 Å². The number of amides is 3. The Balaban J connectivity index is 1.70. The van der Waals surface area contributed by atoms with E-state index in [2.05, 4.69) is 24.4 Å². The van der Waals surface area contributed by atoms with Gasteiger partial charge in [-0.3, -0.25) is 10.0 Å². The van der Waals surface area contributed by atoms with Gasteiger partial charge >= 0.3 is 6.03 Å². The predicted octanol–water partition coefficient (Wildman–Crippen LogP) is 4.42. The SMILES string of the molecule is CCCCc1cc(C)c(NC(=O)N2CCc3cc(C(=O)NO)sc3C2)c(C)c1. The summed E-state index contributed by atoms with van der Waals surface area (Å²) in [6.45, 7) is 7.32. The number of hydrogen-bond donors (Lipinski definition) is 3. The van der Waals surface area contributed by atoms with E-state index in [-0.39, 0.29) is 6.03 Å². The van der Waals surface area contributed by atoms with Crippen LogP contribution in [-0.2, 0) is 19.4 Å². The number of urea groups is 1. The summed E-state index contributed by atoms with van der Waals surface area (Å²) in [6, 6.07) is 5.99. The Kier molecular flexibility index (Phi) is 6.36. The van der Waals surface area contributed by atoms with Gasteiger partial charge in [0.2, 0.25) is 0 Å². The molecule has 2 aromatic rings. The van der Waals surface area contributed by atoms with E-state index in [0.717, 1.165) is 46.5 Å². The quantitative estimate of drug-likeness (QED) is 0.512. The summed E-state index contributed by atoms with van der Waals surface area (Å²) in [4.78, 5) is 27.7. The highest BCUT2D eigenvalue weighted by molar-refractivity contribution is 7.14. The molecule has 7 heteroatoms. The standard InChI is InChI=1S/C21H27N3O3S/c1-4-5-6-15-9-13(2)19(14(3)10-15)22-21(26)24-8-7-16-11-17(20(25)23-27)28-18(16)12-24/h9-11,27H,4-8,12H2,1-3H3,(H,22,26)(H,23,25). The van der Waals surface area contributed by atoms with E-state index in [1.54, 1.807) is 16.4 Å². The Morgan fingerprint density at radius 3 is 2.57 bits per heavy atom. The van der Waals surface area contributed by atoms with Crippen LogP contribution in [0.3, 0.4) is 0 Å². The number of thiophene rings is 1. The van der Waals surface area contributed by atoms with Gasteiger partial charge in [-0.15, -0.1) is 11.3 Å². The molecule has 0 saturated heterocycles. The lowest BCUT2D eigenvalue weighted by Gasteiger charge is -2.27. The number of aryl methyl sites for hydroxylation is 3. The molecule has 0 radical (unpaired) electrons. The molecule has 0 aliphatic carbocycles. The first-order chi connectivity index (χ1) is 13.4. The van der Waals surface area contributed by atoms with E-state index in [1.165, 1.54) is 16.9 Å². The number of rotatable bonds is 5. The summed E-state index contributed by atoms with van der Waals surface area (Å²) in [5.41, 5.74) is 7.08. The molecular formula is C21H27N3O3S. The Bertz CT molecular complexity index is 868. The number of carbonyl (C=O) groups excluding carboxylic acids is 2. The van der Waals surface area contributed by atoms with Crippen LogP contribution in [0, 0.1) is 13.8 Å². The van der Waals surface area contributed by atoms with Crippen LogP contribution >= 0.6 is 11.3 Å². The lowest BCUT2D eigenvalue weighted by Crippen LogP contribution is -2.38. The molecule has 2 heterocycles. The highest BCUT2D eigenvalue weighted by Crippen LogP contribution is 2.29. The highest BCUT2D eigenvalue weighted by atomic mass is 32.1. The summed E-state index contributed by atoms with van der Waals surface area (Å²) in [6.07, 6.45) is 4.09. The molecule has 0 bridgehead atoms. The average Bonchev–Trinajstić information content (AvgIpc) is 3.11. The van der Waals surface area contributed by atoms with Gasteiger partial charge in [0.05, 0.1) is 11.4 Å². The second-order valence-corrected chi connectivity index (χ2v) is 8.45. The zero-order valence-corrected chi connectivity index (χ0v) is 17.4. The monoisotopic (exact) mass is 401 g/mol. The van der Waals surface area contributed by atoms with Crippen molar-refractivity contribution in [2.75, 3.05) is 11.9 Å². The van der Waals surface area contributed by atoms with Gasteiger partial charge in [0, 0.05) is 17.1 Å². The highest BCUT2D eigenvalue weighted by Gasteiger charge is 2.25. The Hall–Kier alpha value is -2.38. The van der Waals surface area contributed by atoms with Crippen LogP contribution in [0.25, 0.3) is 0 Å². The molecule has 28 heavy (non-hydrogen) atoms. The van der Waals surface area contributed by atoms with Crippen LogP contribution < -0.4 is 10.8 Å². The fourth-order valence-electron chi connectivity index (χ4n) is 3.62. The second-order valence-electron chi connectivity index (χ2n) is 7.31. The fraction of sp³-hybridized carbons (Fsp3) is 0.429. The van der Waals surface area contributed by atoms with Gasteiger partial charge in [-0.05, 0) is 61.4 Å². The summed E-state index contributed by atoms with van der Waals surface area (Å²) in [5, 5.41) is 11.9. The largest absolute Gasteiger partial charge is 0.322 e. The van der Waals surface area contributed by atoms with Gasteiger partial charge in [0.1, 0.15) is 0 Å². The minimum absolute atomic E-state index is 0.125. The van der Waals surface area contributed by atoms with Crippen LogP contribution in [0.5, 0.6) is 0 Å². The van der Waals surface area contributed by atoms with Crippen LogP contribution in [-0.4, -0.2) is 28.6 Å². The van der Waals surface area contributed by atoms with Crippen LogP contribution in [0.1, 0.15) is 56.6 Å². The Morgan fingerprint density at radius 2 is 1.93 bits per heavy atom. The predicted molar refractivity (Wildman–Crippen MR) is 111 cm³/mol. The van der Waals surface area contributed by atoms with Crippen molar-refractivity contribution in [1.29, 1.82) is 0 Å². The van der Waals surface area contributed by atoms with Gasteiger partial charge in [-0.1, -0.05) is 25.5 Å². The number of carbonyl (C=O) groups is 2. The number of benzene rings is 1. The van der Waals surface area contributed by atoms with Crippen molar-refractivity contribution in [3.8, 4) is 0 Å². The first-order valence-electron chi connectivity index (χ1n) is 9.65. The van der Waals surface area contributed by atoms with Crippen molar-refractivity contribution < 1.29 is 14.8 Å². The Morgan fingerprint density at radius 1 is 1.21 bits per heavy atom. The van der Waals surface area contributed by atoms with Gasteiger partial charge in [-0.25, -0.2) is 10.3 Å². The first kappa shape index (κ1) is 20.4. The number of nitrogens with one attached hydrogen (secondary N) is 2. The number of hydroxylamine groups is 1. The maximum atomic E-state index is 12.8. The lowest BCUT2D eigenvalue weighted by molar-refractivity contribution is 0.0711. The summed E-state index contributed by atoms with van der Waals surface area (Å²) in [7, 11) is 0. The number of unbranched alkanes of at least 4 members (excludes halogenated alkanes) is 1. The van der Waals surface area contributed by atoms with E-state index in [1.807, 2.05) is 13.8 Å². The molecule has 0 atom stereocenters. The molecule has 3 rings (SSSR count). The minimum Gasteiger partial charge on any atom is -0.319 e. The second kappa shape index (κ2) is 8.75. The molecule has 3 N–H and O–H groups in total. The van der Waals surface area contributed by atoms with Gasteiger partial charge in [0.15, 0.2) is 0 Å². The smallest absolute Gasteiger partial charge is 0.319 e. The van der Waals surface area contributed by atoms with Crippen molar-refractivity contribution in [1.82, 2.24) is 10.4 Å². The molecule has 0 saturated carbocycles. The summed E-state index contributed by atoms with van der Waals surface area (Å²) >= 11 is 1.32. The number of hydrogen-bond acceptors (Lipinski definition) is 4. The van der Waals surface area contributed by atoms with E-state index >= 15 is 0 Å². The van der Waals surface area contributed by atoms with Gasteiger partial charge < -0.3 is 10.2 Å². The van der Waals surface area contributed by atoms with Crippen molar-refractivity contribution in [3.63, 3.8) is 0 Å². The third-order valence-corrected chi connectivity index (χ3v) is 6.30. The van der Waals surface area contributed by atoms with Crippen LogP contribution in [0.15, 0.2) is 18.2 Å².